The van der Waals surface area contributed by atoms with Gasteiger partial charge in [0.15, 0.2) is 0 Å². The molecule has 1 aliphatic heterocycles. The van der Waals surface area contributed by atoms with Crippen molar-refractivity contribution in [2.45, 2.75) is 43.5 Å². The summed E-state index contributed by atoms with van der Waals surface area (Å²) in [6.45, 7) is 5.37. The van der Waals surface area contributed by atoms with Crippen LogP contribution in [0.5, 0.6) is 0 Å². The maximum absolute atomic E-state index is 5.88. The molecule has 0 aromatic heterocycles. The number of hydrogen-bond acceptors (Lipinski definition) is 1. The van der Waals surface area contributed by atoms with E-state index in [4.69, 9.17) is 4.74 Å². The molecule has 1 fully saturated rings. The second kappa shape index (κ2) is 5.53. The quantitative estimate of drug-likeness (QED) is 0.757. The molecule has 1 aromatic carbocycles. The van der Waals surface area contributed by atoms with Crippen molar-refractivity contribution >= 4 is 15.9 Å². The Bertz CT molecular complexity index is 342. The molecular formula is C15H21BrO. The Hall–Kier alpha value is -0.340. The molecule has 1 aromatic rings. The number of rotatable bonds is 4. The molecule has 1 saturated heterocycles. The highest BCUT2D eigenvalue weighted by Gasteiger charge is 2.34. The number of hydrogen-bond donors (Lipinski definition) is 0. The van der Waals surface area contributed by atoms with Crippen LogP contribution in [0.4, 0.5) is 0 Å². The monoisotopic (exact) mass is 296 g/mol. The molecule has 1 nitrogen and oxygen atoms in total. The van der Waals surface area contributed by atoms with E-state index in [0.29, 0.717) is 12.0 Å². The topological polar surface area (TPSA) is 9.23 Å². The van der Waals surface area contributed by atoms with E-state index in [2.05, 4.69) is 60.1 Å². The van der Waals surface area contributed by atoms with Gasteiger partial charge in [0.1, 0.15) is 0 Å². The van der Waals surface area contributed by atoms with Gasteiger partial charge in [-0.2, -0.15) is 0 Å². The first-order valence-electron chi connectivity index (χ1n) is 6.40. The Kier molecular flexibility index (Phi) is 4.26. The molecular weight excluding hydrogens is 276 g/mol. The van der Waals surface area contributed by atoms with Gasteiger partial charge in [-0.3, -0.25) is 0 Å². The minimum absolute atomic E-state index is 0.203. The molecule has 17 heavy (non-hydrogen) atoms. The third-order valence-electron chi connectivity index (χ3n) is 3.65. The second-order valence-electron chi connectivity index (χ2n) is 5.48. The van der Waals surface area contributed by atoms with Crippen LogP contribution >= 0.6 is 15.9 Å². The molecule has 1 heterocycles. The van der Waals surface area contributed by atoms with E-state index in [0.717, 1.165) is 19.4 Å². The first kappa shape index (κ1) is 13.1. The fraction of sp³-hybridized carbons (Fsp3) is 0.600. The average molecular weight is 297 g/mol. The van der Waals surface area contributed by atoms with Gasteiger partial charge in [-0.05, 0) is 44.6 Å². The van der Waals surface area contributed by atoms with Gasteiger partial charge in [-0.1, -0.05) is 46.3 Å². The standard InChI is InChI=1S/C15H21BrO/c1-15(2,16)13-10-14(17-11-13)9-8-12-6-4-3-5-7-12/h3-7,13-14H,8-11H2,1-2H3/t13-,14+/m0/s1. The zero-order chi connectivity index (χ0) is 12.3. The van der Waals surface area contributed by atoms with Gasteiger partial charge in [-0.25, -0.2) is 0 Å². The number of aryl methyl sites for hydroxylation is 1. The van der Waals surface area contributed by atoms with Crippen LogP contribution in [-0.4, -0.2) is 17.0 Å². The van der Waals surface area contributed by atoms with Crippen molar-refractivity contribution in [1.82, 2.24) is 0 Å². The van der Waals surface area contributed by atoms with Crippen molar-refractivity contribution in [3.63, 3.8) is 0 Å². The molecule has 0 saturated carbocycles. The van der Waals surface area contributed by atoms with Crippen molar-refractivity contribution in [2.75, 3.05) is 6.61 Å². The van der Waals surface area contributed by atoms with Crippen molar-refractivity contribution < 1.29 is 4.74 Å². The highest BCUT2D eigenvalue weighted by molar-refractivity contribution is 9.10. The Labute approximate surface area is 113 Å². The molecule has 94 valence electrons. The molecule has 2 heteroatoms. The van der Waals surface area contributed by atoms with Crippen LogP contribution in [-0.2, 0) is 11.2 Å². The predicted octanol–water partition coefficient (Wildman–Crippen LogP) is 4.20. The zero-order valence-corrected chi connectivity index (χ0v) is 12.2. The van der Waals surface area contributed by atoms with E-state index in [1.807, 2.05) is 0 Å². The lowest BCUT2D eigenvalue weighted by Gasteiger charge is -2.23. The van der Waals surface area contributed by atoms with Crippen LogP contribution in [0.3, 0.4) is 0 Å². The highest BCUT2D eigenvalue weighted by atomic mass is 79.9. The number of ether oxygens (including phenoxy) is 1. The zero-order valence-electron chi connectivity index (χ0n) is 10.7. The molecule has 0 N–H and O–H groups in total. The maximum atomic E-state index is 5.88. The summed E-state index contributed by atoms with van der Waals surface area (Å²) in [7, 11) is 0. The Morgan fingerprint density at radius 1 is 1.29 bits per heavy atom. The molecule has 2 atom stereocenters. The van der Waals surface area contributed by atoms with Gasteiger partial charge >= 0.3 is 0 Å². The first-order chi connectivity index (χ1) is 8.05. The summed E-state index contributed by atoms with van der Waals surface area (Å²) in [5.74, 6) is 0.642. The normalized spacial score (nSPS) is 25.1. The van der Waals surface area contributed by atoms with Crippen LogP contribution in [0, 0.1) is 5.92 Å². The number of benzene rings is 1. The summed E-state index contributed by atoms with van der Waals surface area (Å²) in [5, 5.41) is 0. The van der Waals surface area contributed by atoms with Crippen LogP contribution in [0.15, 0.2) is 30.3 Å². The fourth-order valence-corrected chi connectivity index (χ4v) is 2.68. The van der Waals surface area contributed by atoms with Gasteiger partial charge in [0, 0.05) is 4.32 Å². The lowest BCUT2D eigenvalue weighted by Crippen LogP contribution is -2.24. The minimum atomic E-state index is 0.203. The van der Waals surface area contributed by atoms with E-state index in [-0.39, 0.29) is 4.32 Å². The van der Waals surface area contributed by atoms with Crippen molar-refractivity contribution in [2.24, 2.45) is 5.92 Å². The van der Waals surface area contributed by atoms with Crippen LogP contribution in [0.25, 0.3) is 0 Å². The summed E-state index contributed by atoms with van der Waals surface area (Å²) in [4.78, 5) is 0. The summed E-state index contributed by atoms with van der Waals surface area (Å²) in [6, 6.07) is 10.7. The van der Waals surface area contributed by atoms with E-state index in [9.17, 15) is 0 Å². The smallest absolute Gasteiger partial charge is 0.0582 e. The molecule has 0 unspecified atom stereocenters. The van der Waals surface area contributed by atoms with Crippen LogP contribution < -0.4 is 0 Å². The van der Waals surface area contributed by atoms with Gasteiger partial charge in [0.2, 0.25) is 0 Å². The Balaban J connectivity index is 1.79. The maximum Gasteiger partial charge on any atom is 0.0582 e. The van der Waals surface area contributed by atoms with Crippen molar-refractivity contribution in [1.29, 1.82) is 0 Å². The number of halogens is 1. The van der Waals surface area contributed by atoms with E-state index < -0.39 is 0 Å². The summed E-state index contributed by atoms with van der Waals surface area (Å²) >= 11 is 3.75. The van der Waals surface area contributed by atoms with E-state index in [1.165, 1.54) is 12.0 Å². The second-order valence-corrected chi connectivity index (χ2v) is 7.52. The fourth-order valence-electron chi connectivity index (χ4n) is 2.36. The SMILES string of the molecule is CC(C)(Br)[C@@H]1CO[C@H](CCc2ccccc2)C1. The lowest BCUT2D eigenvalue weighted by atomic mass is 9.91. The molecule has 0 amide bonds. The highest BCUT2D eigenvalue weighted by Crippen LogP contribution is 2.36. The molecule has 0 radical (unpaired) electrons. The van der Waals surface area contributed by atoms with Gasteiger partial charge < -0.3 is 4.74 Å². The Morgan fingerprint density at radius 3 is 2.59 bits per heavy atom. The van der Waals surface area contributed by atoms with E-state index in [1.54, 1.807) is 0 Å². The van der Waals surface area contributed by atoms with Crippen molar-refractivity contribution in [3.8, 4) is 0 Å². The molecule has 0 bridgehead atoms. The van der Waals surface area contributed by atoms with Gasteiger partial charge in [0.05, 0.1) is 12.7 Å². The summed E-state index contributed by atoms with van der Waals surface area (Å²) in [6.07, 6.45) is 3.90. The number of alkyl halides is 1. The van der Waals surface area contributed by atoms with Crippen LogP contribution in [0.2, 0.25) is 0 Å². The third kappa shape index (κ3) is 3.82. The molecule has 0 spiro atoms. The first-order valence-corrected chi connectivity index (χ1v) is 7.19. The third-order valence-corrected chi connectivity index (χ3v) is 4.30. The lowest BCUT2D eigenvalue weighted by molar-refractivity contribution is 0.0990. The van der Waals surface area contributed by atoms with Crippen molar-refractivity contribution in [3.05, 3.63) is 35.9 Å². The Morgan fingerprint density at radius 2 is 2.00 bits per heavy atom. The van der Waals surface area contributed by atoms with Gasteiger partial charge in [-0.15, -0.1) is 0 Å². The largest absolute Gasteiger partial charge is 0.378 e. The molecule has 2 rings (SSSR count). The summed E-state index contributed by atoms with van der Waals surface area (Å²) in [5.41, 5.74) is 1.41. The average Bonchev–Trinajstić information content (AvgIpc) is 2.76. The van der Waals surface area contributed by atoms with Gasteiger partial charge in [0.25, 0.3) is 0 Å². The van der Waals surface area contributed by atoms with E-state index >= 15 is 0 Å². The minimum Gasteiger partial charge on any atom is -0.378 e. The molecule has 0 aliphatic carbocycles. The predicted molar refractivity (Wildman–Crippen MR) is 75.6 cm³/mol. The molecule has 1 aliphatic rings. The summed E-state index contributed by atoms with van der Waals surface area (Å²) < 4.78 is 6.09. The van der Waals surface area contributed by atoms with Crippen LogP contribution in [0.1, 0.15) is 32.3 Å².